The fraction of sp³-hybridized carbons (Fsp3) is 0.0476. The Bertz CT molecular complexity index is 1010. The van der Waals surface area contributed by atoms with Crippen LogP contribution in [0.25, 0.3) is 16.5 Å². The molecule has 0 saturated heterocycles. The summed E-state index contributed by atoms with van der Waals surface area (Å²) < 4.78 is 5.41. The first-order valence-electron chi connectivity index (χ1n) is 8.01. The SMILES string of the molecule is CN(/N=C1\C=C(c2ccc3ccccc3c2)OC1=O)c1ccccc1. The van der Waals surface area contributed by atoms with Gasteiger partial charge in [0.05, 0.1) is 5.69 Å². The van der Waals surface area contributed by atoms with E-state index >= 15 is 0 Å². The highest BCUT2D eigenvalue weighted by Gasteiger charge is 2.24. The second-order valence-electron chi connectivity index (χ2n) is 5.80. The lowest BCUT2D eigenvalue weighted by molar-refractivity contribution is -0.128. The Morgan fingerprint density at radius 2 is 1.60 bits per heavy atom. The quantitative estimate of drug-likeness (QED) is 0.534. The van der Waals surface area contributed by atoms with Crippen LogP contribution < -0.4 is 5.01 Å². The van der Waals surface area contributed by atoms with Gasteiger partial charge in [0.15, 0.2) is 5.71 Å². The number of hydrogen-bond donors (Lipinski definition) is 0. The molecule has 4 heteroatoms. The molecule has 0 unspecified atom stereocenters. The number of hydrazone groups is 1. The van der Waals surface area contributed by atoms with Gasteiger partial charge in [-0.05, 0) is 29.0 Å². The molecule has 0 N–H and O–H groups in total. The largest absolute Gasteiger partial charge is 0.421 e. The Labute approximate surface area is 145 Å². The van der Waals surface area contributed by atoms with Crippen LogP contribution in [-0.4, -0.2) is 18.7 Å². The minimum atomic E-state index is -0.439. The summed E-state index contributed by atoms with van der Waals surface area (Å²) in [5, 5.41) is 8.28. The van der Waals surface area contributed by atoms with E-state index in [1.807, 2.05) is 66.7 Å². The van der Waals surface area contributed by atoms with Gasteiger partial charge in [0.1, 0.15) is 5.76 Å². The van der Waals surface area contributed by atoms with E-state index in [0.717, 1.165) is 22.0 Å². The number of esters is 1. The van der Waals surface area contributed by atoms with E-state index < -0.39 is 5.97 Å². The fourth-order valence-corrected chi connectivity index (χ4v) is 2.78. The molecule has 0 radical (unpaired) electrons. The normalized spacial score (nSPS) is 15.3. The minimum Gasteiger partial charge on any atom is -0.421 e. The zero-order chi connectivity index (χ0) is 17.2. The summed E-state index contributed by atoms with van der Waals surface area (Å²) in [6.07, 6.45) is 1.69. The van der Waals surface area contributed by atoms with Gasteiger partial charge >= 0.3 is 5.97 Å². The smallest absolute Gasteiger partial charge is 0.364 e. The van der Waals surface area contributed by atoms with Crippen LogP contribution in [0, 0.1) is 0 Å². The molecule has 4 rings (SSSR count). The Balaban J connectivity index is 1.66. The van der Waals surface area contributed by atoms with Crippen molar-refractivity contribution >= 4 is 33.9 Å². The summed E-state index contributed by atoms with van der Waals surface area (Å²) in [4.78, 5) is 12.2. The van der Waals surface area contributed by atoms with Gasteiger partial charge in [-0.15, -0.1) is 0 Å². The van der Waals surface area contributed by atoms with Gasteiger partial charge < -0.3 is 4.74 Å². The molecule has 1 aliphatic rings. The van der Waals surface area contributed by atoms with E-state index in [1.165, 1.54) is 0 Å². The highest BCUT2D eigenvalue weighted by atomic mass is 16.5. The van der Waals surface area contributed by atoms with Crippen molar-refractivity contribution in [2.24, 2.45) is 5.10 Å². The predicted octanol–water partition coefficient (Wildman–Crippen LogP) is 4.23. The molecule has 0 amide bonds. The first-order valence-corrected chi connectivity index (χ1v) is 8.01. The zero-order valence-corrected chi connectivity index (χ0v) is 13.7. The highest BCUT2D eigenvalue weighted by Crippen LogP contribution is 2.26. The highest BCUT2D eigenvalue weighted by molar-refractivity contribution is 6.45. The molecule has 0 saturated carbocycles. The molecule has 25 heavy (non-hydrogen) atoms. The summed E-state index contributed by atoms with van der Waals surface area (Å²) >= 11 is 0. The average Bonchev–Trinajstić information content (AvgIpc) is 3.02. The van der Waals surface area contributed by atoms with Crippen LogP contribution in [0.15, 0.2) is 84.0 Å². The molecule has 0 fully saturated rings. The van der Waals surface area contributed by atoms with Gasteiger partial charge in [-0.25, -0.2) is 4.79 Å². The zero-order valence-electron chi connectivity index (χ0n) is 13.7. The number of carbonyl (C=O) groups is 1. The lowest BCUT2D eigenvalue weighted by Gasteiger charge is -2.12. The Morgan fingerprint density at radius 3 is 2.40 bits per heavy atom. The lowest BCUT2D eigenvalue weighted by atomic mass is 10.1. The molecule has 1 aliphatic heterocycles. The van der Waals surface area contributed by atoms with Crippen molar-refractivity contribution in [1.82, 2.24) is 0 Å². The van der Waals surface area contributed by atoms with Crippen molar-refractivity contribution in [3.8, 4) is 0 Å². The Hall–Kier alpha value is -3.40. The van der Waals surface area contributed by atoms with E-state index in [2.05, 4.69) is 11.2 Å². The van der Waals surface area contributed by atoms with E-state index in [0.29, 0.717) is 5.76 Å². The number of hydrogen-bond acceptors (Lipinski definition) is 4. The first kappa shape index (κ1) is 15.1. The van der Waals surface area contributed by atoms with Gasteiger partial charge in [0, 0.05) is 18.7 Å². The summed E-state index contributed by atoms with van der Waals surface area (Å²) in [6.45, 7) is 0. The van der Waals surface area contributed by atoms with Crippen LogP contribution in [0.3, 0.4) is 0 Å². The number of fused-ring (bicyclic) bond motifs is 1. The summed E-state index contributed by atoms with van der Waals surface area (Å²) in [5.74, 6) is 0.0851. The molecule has 3 aromatic carbocycles. The molecular formula is C21H16N2O2. The molecule has 3 aromatic rings. The van der Waals surface area contributed by atoms with Crippen LogP contribution in [0.4, 0.5) is 5.69 Å². The summed E-state index contributed by atoms with van der Waals surface area (Å²) in [5.41, 5.74) is 2.05. The molecule has 0 bridgehead atoms. The topological polar surface area (TPSA) is 41.9 Å². The number of cyclic esters (lactones) is 1. The van der Waals surface area contributed by atoms with Crippen molar-refractivity contribution in [2.75, 3.05) is 12.1 Å². The van der Waals surface area contributed by atoms with Crippen LogP contribution >= 0.6 is 0 Å². The molecule has 0 spiro atoms. The van der Waals surface area contributed by atoms with E-state index in [1.54, 1.807) is 18.1 Å². The minimum absolute atomic E-state index is 0.287. The number of carbonyl (C=O) groups excluding carboxylic acids is 1. The lowest BCUT2D eigenvalue weighted by Crippen LogP contribution is -2.16. The number of nitrogens with zero attached hydrogens (tertiary/aromatic N) is 2. The van der Waals surface area contributed by atoms with Gasteiger partial charge in [0.2, 0.25) is 0 Å². The number of anilines is 1. The predicted molar refractivity (Wildman–Crippen MR) is 100 cm³/mol. The van der Waals surface area contributed by atoms with Crippen LogP contribution in [-0.2, 0) is 9.53 Å². The molecule has 1 heterocycles. The third-order valence-electron chi connectivity index (χ3n) is 4.10. The summed E-state index contributed by atoms with van der Waals surface area (Å²) in [7, 11) is 1.80. The first-order chi connectivity index (χ1) is 12.2. The van der Waals surface area contributed by atoms with Crippen LogP contribution in [0.2, 0.25) is 0 Å². The molecule has 0 aliphatic carbocycles. The second-order valence-corrected chi connectivity index (χ2v) is 5.80. The van der Waals surface area contributed by atoms with Crippen molar-refractivity contribution in [3.05, 3.63) is 84.4 Å². The van der Waals surface area contributed by atoms with E-state index in [4.69, 9.17) is 4.74 Å². The van der Waals surface area contributed by atoms with Gasteiger partial charge in [0.25, 0.3) is 0 Å². The van der Waals surface area contributed by atoms with E-state index in [-0.39, 0.29) is 5.71 Å². The number of ether oxygens (including phenoxy) is 1. The van der Waals surface area contributed by atoms with Crippen molar-refractivity contribution in [2.45, 2.75) is 0 Å². The molecule has 0 aromatic heterocycles. The second kappa shape index (κ2) is 6.24. The third-order valence-corrected chi connectivity index (χ3v) is 4.10. The Morgan fingerprint density at radius 1 is 0.880 bits per heavy atom. The standard InChI is InChI=1S/C21H16N2O2/c1-23(18-9-3-2-4-10-18)22-19-14-20(25-21(19)24)17-12-11-15-7-5-6-8-16(15)13-17/h2-14H,1H3/b22-19+. The van der Waals surface area contributed by atoms with Gasteiger partial charge in [-0.1, -0.05) is 54.6 Å². The number of para-hydroxylation sites is 1. The van der Waals surface area contributed by atoms with Crippen molar-refractivity contribution in [3.63, 3.8) is 0 Å². The maximum absolute atomic E-state index is 12.2. The van der Waals surface area contributed by atoms with Crippen molar-refractivity contribution < 1.29 is 9.53 Å². The van der Waals surface area contributed by atoms with Crippen LogP contribution in [0.1, 0.15) is 5.56 Å². The van der Waals surface area contributed by atoms with Crippen molar-refractivity contribution in [1.29, 1.82) is 0 Å². The van der Waals surface area contributed by atoms with Gasteiger partial charge in [-0.3, -0.25) is 5.01 Å². The molecular weight excluding hydrogens is 312 g/mol. The number of rotatable bonds is 3. The molecule has 122 valence electrons. The average molecular weight is 328 g/mol. The Kier molecular flexibility index (Phi) is 3.78. The maximum Gasteiger partial charge on any atom is 0.364 e. The monoisotopic (exact) mass is 328 g/mol. The molecule has 0 atom stereocenters. The third kappa shape index (κ3) is 3.02. The van der Waals surface area contributed by atoms with Gasteiger partial charge in [-0.2, -0.15) is 5.10 Å². The molecule has 4 nitrogen and oxygen atoms in total. The number of benzene rings is 3. The summed E-state index contributed by atoms with van der Waals surface area (Å²) in [6, 6.07) is 23.7. The van der Waals surface area contributed by atoms with Crippen LogP contribution in [0.5, 0.6) is 0 Å². The maximum atomic E-state index is 12.2. The fourth-order valence-electron chi connectivity index (χ4n) is 2.78. The van der Waals surface area contributed by atoms with E-state index in [9.17, 15) is 4.79 Å².